The highest BCUT2D eigenvalue weighted by Gasteiger charge is 2.38. The van der Waals surface area contributed by atoms with Crippen molar-refractivity contribution in [2.75, 3.05) is 6.54 Å². The topological polar surface area (TPSA) is 81.4 Å². The van der Waals surface area contributed by atoms with Crippen LogP contribution in [0.1, 0.15) is 28.4 Å². The number of aliphatic carboxylic acids is 1. The van der Waals surface area contributed by atoms with Gasteiger partial charge in [0.15, 0.2) is 0 Å². The van der Waals surface area contributed by atoms with Gasteiger partial charge < -0.3 is 10.0 Å². The number of carboxylic acid groups (broad SMARTS) is 1. The van der Waals surface area contributed by atoms with Gasteiger partial charge in [0.05, 0.1) is 23.1 Å². The summed E-state index contributed by atoms with van der Waals surface area (Å²) in [5, 5.41) is 18.3. The van der Waals surface area contributed by atoms with Crippen molar-refractivity contribution < 1.29 is 14.7 Å². The molecule has 5 nitrogen and oxygen atoms in total. The SMILES string of the molecule is N#CC1c2cc(Cl)cc(Cl)c2C(=O)N1CCC(=O)O. The van der Waals surface area contributed by atoms with Gasteiger partial charge in [0.1, 0.15) is 6.04 Å². The Kier molecular flexibility index (Phi) is 3.65. The lowest BCUT2D eigenvalue weighted by Gasteiger charge is -2.18. The van der Waals surface area contributed by atoms with E-state index < -0.39 is 17.9 Å². The molecule has 1 aliphatic rings. The summed E-state index contributed by atoms with van der Waals surface area (Å²) >= 11 is 11.8. The number of amides is 1. The molecule has 1 heterocycles. The summed E-state index contributed by atoms with van der Waals surface area (Å²) in [5.41, 5.74) is 0.651. The third kappa shape index (κ3) is 2.37. The number of fused-ring (bicyclic) bond motifs is 1. The van der Waals surface area contributed by atoms with E-state index in [4.69, 9.17) is 28.3 Å². The third-order valence-electron chi connectivity index (χ3n) is 2.86. The molecule has 98 valence electrons. The summed E-state index contributed by atoms with van der Waals surface area (Å²) in [6, 6.07) is 4.06. The van der Waals surface area contributed by atoms with Gasteiger partial charge >= 0.3 is 5.97 Å². The maximum Gasteiger partial charge on any atom is 0.305 e. The number of benzene rings is 1. The van der Waals surface area contributed by atoms with E-state index in [1.165, 1.54) is 17.0 Å². The molecular formula is C12H8Cl2N2O3. The van der Waals surface area contributed by atoms with E-state index in [9.17, 15) is 14.9 Å². The standard InChI is InChI=1S/C12H8Cl2N2O3/c13-6-3-7-9(5-15)16(2-1-10(17)18)12(19)11(7)8(14)4-6/h3-4,9H,1-2H2,(H,17,18). The minimum absolute atomic E-state index is 0.0466. The average Bonchev–Trinajstić information content (AvgIpc) is 2.58. The van der Waals surface area contributed by atoms with Crippen molar-refractivity contribution in [1.82, 2.24) is 4.90 Å². The molecule has 0 saturated heterocycles. The van der Waals surface area contributed by atoms with Gasteiger partial charge in [-0.1, -0.05) is 23.2 Å². The van der Waals surface area contributed by atoms with Crippen molar-refractivity contribution in [3.05, 3.63) is 33.3 Å². The Hall–Kier alpha value is -1.77. The predicted molar refractivity (Wildman–Crippen MR) is 68.1 cm³/mol. The highest BCUT2D eigenvalue weighted by Crippen LogP contribution is 2.39. The molecule has 0 radical (unpaired) electrons. The minimum atomic E-state index is -1.04. The van der Waals surface area contributed by atoms with Crippen molar-refractivity contribution in [2.45, 2.75) is 12.5 Å². The first-order valence-electron chi connectivity index (χ1n) is 5.37. The molecule has 0 spiro atoms. The van der Waals surface area contributed by atoms with Crippen LogP contribution in [0.15, 0.2) is 12.1 Å². The number of carbonyl (C=O) groups excluding carboxylic acids is 1. The van der Waals surface area contributed by atoms with Crippen molar-refractivity contribution in [3.8, 4) is 6.07 Å². The molecule has 2 rings (SSSR count). The number of carboxylic acids is 1. The van der Waals surface area contributed by atoms with Gasteiger partial charge in [-0.25, -0.2) is 0 Å². The van der Waals surface area contributed by atoms with Crippen molar-refractivity contribution >= 4 is 35.1 Å². The van der Waals surface area contributed by atoms with Crippen LogP contribution in [0.4, 0.5) is 0 Å². The van der Waals surface area contributed by atoms with Gasteiger partial charge in [-0.2, -0.15) is 5.26 Å². The number of hydrogen-bond donors (Lipinski definition) is 1. The Bertz CT molecular complexity index is 610. The zero-order valence-electron chi connectivity index (χ0n) is 9.56. The number of rotatable bonds is 3. The molecule has 1 unspecified atom stereocenters. The molecule has 0 fully saturated rings. The van der Waals surface area contributed by atoms with Gasteiger partial charge in [-0.3, -0.25) is 9.59 Å². The van der Waals surface area contributed by atoms with Gasteiger partial charge in [-0.05, 0) is 12.1 Å². The number of hydrogen-bond acceptors (Lipinski definition) is 3. The Labute approximate surface area is 118 Å². The maximum atomic E-state index is 12.2. The zero-order valence-corrected chi connectivity index (χ0v) is 11.1. The summed E-state index contributed by atoms with van der Waals surface area (Å²) in [7, 11) is 0. The lowest BCUT2D eigenvalue weighted by molar-refractivity contribution is -0.137. The fraction of sp³-hybridized carbons (Fsp3) is 0.250. The normalized spacial score (nSPS) is 17.2. The zero-order chi connectivity index (χ0) is 14.2. The molecule has 1 N–H and O–H groups in total. The van der Waals surface area contributed by atoms with E-state index >= 15 is 0 Å². The molecule has 1 aliphatic heterocycles. The summed E-state index contributed by atoms with van der Waals surface area (Å²) in [6.45, 7) is -0.0466. The highest BCUT2D eigenvalue weighted by atomic mass is 35.5. The number of nitrogens with zero attached hydrogens (tertiary/aromatic N) is 2. The van der Waals surface area contributed by atoms with E-state index in [-0.39, 0.29) is 23.6 Å². The van der Waals surface area contributed by atoms with Crippen molar-refractivity contribution in [2.24, 2.45) is 0 Å². The molecule has 1 amide bonds. The Morgan fingerprint density at radius 2 is 2.16 bits per heavy atom. The van der Waals surface area contributed by atoms with Gasteiger partial charge in [0.2, 0.25) is 0 Å². The largest absolute Gasteiger partial charge is 0.481 e. The van der Waals surface area contributed by atoms with Crippen LogP contribution < -0.4 is 0 Å². The smallest absolute Gasteiger partial charge is 0.305 e. The number of carbonyl (C=O) groups is 2. The lowest BCUT2D eigenvalue weighted by atomic mass is 10.1. The molecule has 19 heavy (non-hydrogen) atoms. The fourth-order valence-electron chi connectivity index (χ4n) is 2.05. The van der Waals surface area contributed by atoms with Crippen LogP contribution >= 0.6 is 23.2 Å². The van der Waals surface area contributed by atoms with E-state index in [0.29, 0.717) is 10.6 Å². The molecule has 1 atom stereocenters. The molecule has 1 aromatic carbocycles. The molecule has 0 aromatic heterocycles. The first-order valence-corrected chi connectivity index (χ1v) is 6.12. The van der Waals surface area contributed by atoms with Gasteiger partial charge in [0, 0.05) is 17.1 Å². The first-order chi connectivity index (χ1) is 8.95. The van der Waals surface area contributed by atoms with Gasteiger partial charge in [0.25, 0.3) is 5.91 Å². The summed E-state index contributed by atoms with van der Waals surface area (Å²) in [6.07, 6.45) is -0.233. The Morgan fingerprint density at radius 3 is 2.74 bits per heavy atom. The molecule has 0 aliphatic carbocycles. The van der Waals surface area contributed by atoms with E-state index in [1.54, 1.807) is 0 Å². The van der Waals surface area contributed by atoms with Gasteiger partial charge in [-0.15, -0.1) is 0 Å². The van der Waals surface area contributed by atoms with E-state index in [0.717, 1.165) is 0 Å². The van der Waals surface area contributed by atoms with E-state index in [2.05, 4.69) is 0 Å². The highest BCUT2D eigenvalue weighted by molar-refractivity contribution is 6.37. The lowest BCUT2D eigenvalue weighted by Crippen LogP contribution is -2.29. The summed E-state index contributed by atoms with van der Waals surface area (Å²) in [5.74, 6) is -1.48. The van der Waals surface area contributed by atoms with Crippen LogP contribution in [0.2, 0.25) is 10.0 Å². The van der Waals surface area contributed by atoms with Crippen LogP contribution in [0, 0.1) is 11.3 Å². The van der Waals surface area contributed by atoms with Crippen LogP contribution in [0.5, 0.6) is 0 Å². The van der Waals surface area contributed by atoms with Crippen molar-refractivity contribution in [3.63, 3.8) is 0 Å². The predicted octanol–water partition coefficient (Wildman–Crippen LogP) is 2.49. The van der Waals surface area contributed by atoms with Crippen LogP contribution in [0.3, 0.4) is 0 Å². The summed E-state index contributed by atoms with van der Waals surface area (Å²) in [4.78, 5) is 23.9. The third-order valence-corrected chi connectivity index (χ3v) is 3.37. The van der Waals surface area contributed by atoms with E-state index in [1.807, 2.05) is 6.07 Å². The Balaban J connectivity index is 2.43. The molecule has 7 heteroatoms. The molecule has 1 aromatic rings. The number of halogens is 2. The molecule has 0 saturated carbocycles. The second-order valence-corrected chi connectivity index (χ2v) is 4.87. The first kappa shape index (κ1) is 13.7. The fourth-order valence-corrected chi connectivity index (χ4v) is 2.64. The minimum Gasteiger partial charge on any atom is -0.481 e. The molecule has 0 bridgehead atoms. The average molecular weight is 299 g/mol. The summed E-state index contributed by atoms with van der Waals surface area (Å²) < 4.78 is 0. The van der Waals surface area contributed by atoms with Crippen LogP contribution in [-0.4, -0.2) is 28.4 Å². The second kappa shape index (κ2) is 5.08. The van der Waals surface area contributed by atoms with Crippen molar-refractivity contribution in [1.29, 1.82) is 5.26 Å². The maximum absolute atomic E-state index is 12.2. The Morgan fingerprint density at radius 1 is 1.47 bits per heavy atom. The number of nitriles is 1. The van der Waals surface area contributed by atoms with Crippen LogP contribution in [0.25, 0.3) is 0 Å². The quantitative estimate of drug-likeness (QED) is 0.929. The monoisotopic (exact) mass is 298 g/mol. The van der Waals surface area contributed by atoms with Crippen LogP contribution in [-0.2, 0) is 4.79 Å². The second-order valence-electron chi connectivity index (χ2n) is 4.03. The molecular weight excluding hydrogens is 291 g/mol.